The molecule has 0 saturated heterocycles. The molecule has 2 nitrogen and oxygen atoms in total. The van der Waals surface area contributed by atoms with Crippen LogP contribution < -0.4 is 5.32 Å². The minimum Gasteiger partial charge on any atom is -0.366 e. The summed E-state index contributed by atoms with van der Waals surface area (Å²) in [6, 6.07) is 2.32. The highest BCUT2D eigenvalue weighted by molar-refractivity contribution is 9.10. The van der Waals surface area contributed by atoms with Gasteiger partial charge in [0.2, 0.25) is 0 Å². The maximum Gasteiger partial charge on any atom is 0.145 e. The number of rotatable bonds is 2. The van der Waals surface area contributed by atoms with Crippen LogP contribution >= 0.6 is 27.5 Å². The van der Waals surface area contributed by atoms with E-state index in [4.69, 9.17) is 11.6 Å². The van der Waals surface area contributed by atoms with Crippen LogP contribution in [-0.2, 0) is 0 Å². The first-order valence-electron chi connectivity index (χ1n) is 6.75. The first-order valence-corrected chi connectivity index (χ1v) is 7.92. The molecule has 0 bridgehead atoms. The third-order valence-electron chi connectivity index (χ3n) is 3.70. The van der Waals surface area contributed by atoms with E-state index in [1.54, 1.807) is 6.20 Å². The predicted molar refractivity (Wildman–Crippen MR) is 85.8 cm³/mol. The second-order valence-corrected chi connectivity index (χ2v) is 8.56. The molecule has 1 N–H and O–H groups in total. The number of hydrogen-bond donors (Lipinski definition) is 1. The zero-order valence-corrected chi connectivity index (χ0v) is 14.4. The number of halogens is 2. The van der Waals surface area contributed by atoms with Gasteiger partial charge in [-0.2, -0.15) is 0 Å². The van der Waals surface area contributed by atoms with E-state index in [1.165, 1.54) is 6.42 Å². The predicted octanol–water partition coefficient (Wildman–Crippen LogP) is 5.51. The van der Waals surface area contributed by atoms with Gasteiger partial charge in [0.05, 0.1) is 5.02 Å². The Hall–Kier alpha value is -0.280. The summed E-state index contributed by atoms with van der Waals surface area (Å²) in [6.45, 7) is 9.39. The van der Waals surface area contributed by atoms with Crippen molar-refractivity contribution >= 4 is 33.3 Å². The lowest BCUT2D eigenvalue weighted by molar-refractivity contribution is 0.105. The van der Waals surface area contributed by atoms with Gasteiger partial charge in [-0.05, 0) is 52.1 Å². The van der Waals surface area contributed by atoms with Crippen molar-refractivity contribution in [1.29, 1.82) is 0 Å². The zero-order valence-electron chi connectivity index (χ0n) is 12.1. The molecule has 0 unspecified atom stereocenters. The molecule has 1 aliphatic rings. The topological polar surface area (TPSA) is 24.9 Å². The van der Waals surface area contributed by atoms with Crippen LogP contribution in [0.4, 0.5) is 5.82 Å². The van der Waals surface area contributed by atoms with Crippen molar-refractivity contribution in [1.82, 2.24) is 4.98 Å². The summed E-state index contributed by atoms with van der Waals surface area (Å²) >= 11 is 9.62. The average Bonchev–Trinajstić information content (AvgIpc) is 2.17. The van der Waals surface area contributed by atoms with Gasteiger partial charge in [0.1, 0.15) is 5.82 Å². The molecule has 1 saturated carbocycles. The van der Waals surface area contributed by atoms with E-state index in [-0.39, 0.29) is 0 Å². The lowest BCUT2D eigenvalue weighted by Gasteiger charge is -2.45. The monoisotopic (exact) mass is 344 g/mol. The SMILES string of the molecule is CC1(C)CC(Nc2ncc(Br)cc2Cl)CC(C)(C)C1. The first-order chi connectivity index (χ1) is 8.67. The number of aromatic nitrogens is 1. The maximum atomic E-state index is 6.24. The quantitative estimate of drug-likeness (QED) is 0.764. The summed E-state index contributed by atoms with van der Waals surface area (Å²) in [5.74, 6) is 0.795. The second-order valence-electron chi connectivity index (χ2n) is 7.24. The van der Waals surface area contributed by atoms with Crippen molar-refractivity contribution < 1.29 is 0 Å². The largest absolute Gasteiger partial charge is 0.366 e. The molecule has 19 heavy (non-hydrogen) atoms. The summed E-state index contributed by atoms with van der Waals surface area (Å²) in [5, 5.41) is 4.20. The Kier molecular flexibility index (Phi) is 4.18. The third kappa shape index (κ3) is 4.09. The Labute approximate surface area is 129 Å². The van der Waals surface area contributed by atoms with E-state index in [1.807, 2.05) is 6.07 Å². The molecule has 2 rings (SSSR count). The normalized spacial score (nSPS) is 22.2. The lowest BCUT2D eigenvalue weighted by atomic mass is 9.63. The van der Waals surface area contributed by atoms with Crippen LogP contribution in [0.1, 0.15) is 47.0 Å². The fraction of sp³-hybridized carbons (Fsp3) is 0.667. The Balaban J connectivity index is 2.14. The first kappa shape index (κ1) is 15.1. The van der Waals surface area contributed by atoms with Crippen LogP contribution in [0, 0.1) is 10.8 Å². The maximum absolute atomic E-state index is 6.24. The van der Waals surface area contributed by atoms with E-state index in [0.717, 1.165) is 23.1 Å². The summed E-state index contributed by atoms with van der Waals surface area (Å²) in [4.78, 5) is 4.38. The lowest BCUT2D eigenvalue weighted by Crippen LogP contribution is -2.40. The molecule has 1 aliphatic carbocycles. The van der Waals surface area contributed by atoms with E-state index in [0.29, 0.717) is 21.9 Å². The van der Waals surface area contributed by atoms with Crippen LogP contribution in [0.3, 0.4) is 0 Å². The fourth-order valence-corrected chi connectivity index (χ4v) is 4.35. The van der Waals surface area contributed by atoms with Gasteiger partial charge in [0.15, 0.2) is 0 Å². The minimum atomic E-state index is 0.362. The molecular weight excluding hydrogens is 324 g/mol. The Morgan fingerprint density at radius 2 is 1.84 bits per heavy atom. The van der Waals surface area contributed by atoms with Crippen LogP contribution in [-0.4, -0.2) is 11.0 Å². The van der Waals surface area contributed by atoms with Crippen LogP contribution in [0.15, 0.2) is 16.7 Å². The van der Waals surface area contributed by atoms with Crippen LogP contribution in [0.25, 0.3) is 0 Å². The minimum absolute atomic E-state index is 0.362. The van der Waals surface area contributed by atoms with Crippen molar-refractivity contribution in [3.63, 3.8) is 0 Å². The van der Waals surface area contributed by atoms with Gasteiger partial charge in [-0.25, -0.2) is 4.98 Å². The average molecular weight is 346 g/mol. The number of hydrogen-bond acceptors (Lipinski definition) is 2. The van der Waals surface area contributed by atoms with E-state index in [9.17, 15) is 0 Å². The number of pyridine rings is 1. The smallest absolute Gasteiger partial charge is 0.145 e. The molecule has 1 aromatic heterocycles. The van der Waals surface area contributed by atoms with Gasteiger partial charge < -0.3 is 5.32 Å². The van der Waals surface area contributed by atoms with Crippen molar-refractivity contribution in [2.45, 2.75) is 53.0 Å². The Bertz CT molecular complexity index is 455. The highest BCUT2D eigenvalue weighted by Gasteiger charge is 2.38. The zero-order chi connectivity index (χ0) is 14.3. The molecule has 1 aromatic rings. The van der Waals surface area contributed by atoms with Gasteiger partial charge in [-0.15, -0.1) is 0 Å². The van der Waals surface area contributed by atoms with Crippen molar-refractivity contribution in [2.75, 3.05) is 5.32 Å². The molecule has 0 atom stereocenters. The molecular formula is C15H22BrClN2. The van der Waals surface area contributed by atoms with Gasteiger partial charge in [0.25, 0.3) is 0 Å². The summed E-state index contributed by atoms with van der Waals surface area (Å²) in [6.07, 6.45) is 5.36. The summed E-state index contributed by atoms with van der Waals surface area (Å²) < 4.78 is 0.910. The van der Waals surface area contributed by atoms with Crippen LogP contribution in [0.2, 0.25) is 5.02 Å². The number of nitrogens with zero attached hydrogens (tertiary/aromatic N) is 1. The van der Waals surface area contributed by atoms with E-state index >= 15 is 0 Å². The molecule has 0 aromatic carbocycles. The molecule has 0 radical (unpaired) electrons. The summed E-state index contributed by atoms with van der Waals surface area (Å²) in [7, 11) is 0. The highest BCUT2D eigenvalue weighted by atomic mass is 79.9. The van der Waals surface area contributed by atoms with Gasteiger partial charge >= 0.3 is 0 Å². The molecule has 0 aliphatic heterocycles. The molecule has 106 valence electrons. The molecule has 4 heteroatoms. The third-order valence-corrected chi connectivity index (χ3v) is 4.43. The number of nitrogens with one attached hydrogen (secondary N) is 1. The standard InChI is InChI=1S/C15H22BrClN2/c1-14(2)6-11(7-15(3,4)9-14)19-13-12(17)5-10(16)8-18-13/h5,8,11H,6-7,9H2,1-4H3,(H,18,19). The Morgan fingerprint density at radius 3 is 2.37 bits per heavy atom. The highest BCUT2D eigenvalue weighted by Crippen LogP contribution is 2.46. The van der Waals surface area contributed by atoms with Crippen LogP contribution in [0.5, 0.6) is 0 Å². The van der Waals surface area contributed by atoms with E-state index in [2.05, 4.69) is 53.9 Å². The Morgan fingerprint density at radius 1 is 1.26 bits per heavy atom. The fourth-order valence-electron chi connectivity index (χ4n) is 3.66. The van der Waals surface area contributed by atoms with Gasteiger partial charge in [-0.1, -0.05) is 39.3 Å². The molecule has 0 amide bonds. The molecule has 1 fully saturated rings. The second kappa shape index (κ2) is 5.25. The number of anilines is 1. The van der Waals surface area contributed by atoms with Crippen molar-refractivity contribution in [2.24, 2.45) is 10.8 Å². The van der Waals surface area contributed by atoms with E-state index < -0.39 is 0 Å². The van der Waals surface area contributed by atoms with Crippen molar-refractivity contribution in [3.8, 4) is 0 Å². The van der Waals surface area contributed by atoms with Crippen molar-refractivity contribution in [3.05, 3.63) is 21.8 Å². The van der Waals surface area contributed by atoms with Gasteiger partial charge in [0, 0.05) is 16.7 Å². The molecule has 1 heterocycles. The van der Waals surface area contributed by atoms with Gasteiger partial charge in [-0.3, -0.25) is 0 Å². The molecule has 0 spiro atoms. The summed E-state index contributed by atoms with van der Waals surface area (Å²) in [5.41, 5.74) is 0.725.